The molecule has 0 amide bonds. The molecular weight excluding hydrogens is 274 g/mol. The van der Waals surface area contributed by atoms with E-state index in [0.29, 0.717) is 11.8 Å². The second-order valence-electron chi connectivity index (χ2n) is 5.68. The van der Waals surface area contributed by atoms with Gasteiger partial charge in [0.15, 0.2) is 0 Å². The maximum atomic E-state index is 9.28. The van der Waals surface area contributed by atoms with Crippen LogP contribution in [0.4, 0.5) is 0 Å². The number of benzene rings is 2. The molecule has 0 aliphatic carbocycles. The first-order chi connectivity index (χ1) is 10.7. The van der Waals surface area contributed by atoms with Gasteiger partial charge in [0.1, 0.15) is 11.5 Å². The summed E-state index contributed by atoms with van der Waals surface area (Å²) in [5.74, 6) is 1.23. The molecule has 3 nitrogen and oxygen atoms in total. The van der Waals surface area contributed by atoms with Crippen molar-refractivity contribution in [3.8, 4) is 11.5 Å². The van der Waals surface area contributed by atoms with E-state index < -0.39 is 0 Å². The monoisotopic (exact) mass is 299 g/mol. The summed E-state index contributed by atoms with van der Waals surface area (Å²) >= 11 is 0. The first kappa shape index (κ1) is 16.4. The minimum Gasteiger partial charge on any atom is -0.508 e. The maximum absolute atomic E-state index is 9.28. The molecule has 0 fully saturated rings. The fourth-order valence-corrected chi connectivity index (χ4v) is 2.49. The molecule has 0 aliphatic heterocycles. The van der Waals surface area contributed by atoms with E-state index in [4.69, 9.17) is 4.74 Å². The Hall–Kier alpha value is -2.00. The second-order valence-corrected chi connectivity index (χ2v) is 5.68. The Morgan fingerprint density at radius 2 is 1.64 bits per heavy atom. The standard InChI is InChI=1S/C19H25NO2/c1-15(14-17-5-9-18(21)10-6-17)20-13-3-4-16-7-11-19(22-2)12-8-16/h5-12,15,20-21H,3-4,13-14H2,1-2H3. The molecule has 0 aliphatic rings. The van der Waals surface area contributed by atoms with E-state index in [1.165, 1.54) is 11.1 Å². The summed E-state index contributed by atoms with van der Waals surface area (Å²) in [4.78, 5) is 0. The number of rotatable bonds is 8. The highest BCUT2D eigenvalue weighted by atomic mass is 16.5. The molecule has 2 N–H and O–H groups in total. The van der Waals surface area contributed by atoms with Gasteiger partial charge in [-0.15, -0.1) is 0 Å². The van der Waals surface area contributed by atoms with Gasteiger partial charge in [-0.05, 0) is 68.1 Å². The zero-order valence-corrected chi connectivity index (χ0v) is 13.4. The third kappa shape index (κ3) is 5.41. The van der Waals surface area contributed by atoms with Crippen LogP contribution in [0.3, 0.4) is 0 Å². The minimum atomic E-state index is 0.323. The van der Waals surface area contributed by atoms with Crippen molar-refractivity contribution in [3.05, 3.63) is 59.7 Å². The van der Waals surface area contributed by atoms with Gasteiger partial charge < -0.3 is 15.2 Å². The summed E-state index contributed by atoms with van der Waals surface area (Å²) in [5.41, 5.74) is 2.58. The topological polar surface area (TPSA) is 41.5 Å². The first-order valence-corrected chi connectivity index (χ1v) is 7.81. The van der Waals surface area contributed by atoms with E-state index in [2.05, 4.69) is 24.4 Å². The van der Waals surface area contributed by atoms with Gasteiger partial charge in [0, 0.05) is 6.04 Å². The number of phenolic OH excluding ortho intramolecular Hbond substituents is 1. The normalized spacial score (nSPS) is 12.1. The predicted molar refractivity (Wildman–Crippen MR) is 90.6 cm³/mol. The molecule has 0 radical (unpaired) electrons. The number of ether oxygens (including phenoxy) is 1. The quantitative estimate of drug-likeness (QED) is 0.732. The van der Waals surface area contributed by atoms with Crippen molar-refractivity contribution in [2.24, 2.45) is 0 Å². The van der Waals surface area contributed by atoms with E-state index in [1.54, 1.807) is 19.2 Å². The molecule has 0 saturated carbocycles. The number of phenols is 1. The van der Waals surface area contributed by atoms with Crippen LogP contribution in [0.1, 0.15) is 24.5 Å². The maximum Gasteiger partial charge on any atom is 0.118 e. The molecular formula is C19H25NO2. The van der Waals surface area contributed by atoms with Crippen molar-refractivity contribution in [1.29, 1.82) is 0 Å². The van der Waals surface area contributed by atoms with Gasteiger partial charge in [-0.3, -0.25) is 0 Å². The Morgan fingerprint density at radius 3 is 2.27 bits per heavy atom. The molecule has 3 heteroatoms. The van der Waals surface area contributed by atoms with Gasteiger partial charge in [-0.25, -0.2) is 0 Å². The molecule has 1 atom stereocenters. The Morgan fingerprint density at radius 1 is 1.00 bits per heavy atom. The molecule has 22 heavy (non-hydrogen) atoms. The third-order valence-corrected chi connectivity index (χ3v) is 3.77. The van der Waals surface area contributed by atoms with Crippen LogP contribution in [0, 0.1) is 0 Å². The molecule has 0 heterocycles. The molecule has 0 saturated heterocycles. The molecule has 2 rings (SSSR count). The molecule has 2 aromatic carbocycles. The van der Waals surface area contributed by atoms with Crippen LogP contribution in [-0.2, 0) is 12.8 Å². The Bertz CT molecular complexity index is 549. The highest BCUT2D eigenvalue weighted by Crippen LogP contribution is 2.13. The zero-order valence-electron chi connectivity index (χ0n) is 13.4. The number of hydrogen-bond acceptors (Lipinski definition) is 3. The van der Waals surface area contributed by atoms with E-state index in [9.17, 15) is 5.11 Å². The van der Waals surface area contributed by atoms with Gasteiger partial charge >= 0.3 is 0 Å². The lowest BCUT2D eigenvalue weighted by molar-refractivity contribution is 0.414. The number of aromatic hydroxyl groups is 1. The summed E-state index contributed by atoms with van der Waals surface area (Å²) in [7, 11) is 1.69. The lowest BCUT2D eigenvalue weighted by Gasteiger charge is -2.14. The number of methoxy groups -OCH3 is 1. The molecule has 118 valence electrons. The van der Waals surface area contributed by atoms with Gasteiger partial charge in [-0.1, -0.05) is 24.3 Å². The number of aryl methyl sites for hydroxylation is 1. The summed E-state index contributed by atoms with van der Waals surface area (Å²) in [5, 5.41) is 12.8. The van der Waals surface area contributed by atoms with Gasteiger partial charge in [0.2, 0.25) is 0 Å². The first-order valence-electron chi connectivity index (χ1n) is 7.81. The minimum absolute atomic E-state index is 0.323. The van der Waals surface area contributed by atoms with E-state index in [1.807, 2.05) is 24.3 Å². The van der Waals surface area contributed by atoms with Crippen LogP contribution in [-0.4, -0.2) is 24.8 Å². The zero-order chi connectivity index (χ0) is 15.8. The third-order valence-electron chi connectivity index (χ3n) is 3.77. The lowest BCUT2D eigenvalue weighted by atomic mass is 10.1. The van der Waals surface area contributed by atoms with Gasteiger partial charge in [0.25, 0.3) is 0 Å². The van der Waals surface area contributed by atoms with E-state index in [0.717, 1.165) is 31.6 Å². The van der Waals surface area contributed by atoms with E-state index >= 15 is 0 Å². The summed E-state index contributed by atoms with van der Waals surface area (Å²) in [6, 6.07) is 16.1. The molecule has 0 aromatic heterocycles. The van der Waals surface area contributed by atoms with Crippen LogP contribution in [0.25, 0.3) is 0 Å². The lowest BCUT2D eigenvalue weighted by Crippen LogP contribution is -2.29. The van der Waals surface area contributed by atoms with Crippen molar-refractivity contribution in [3.63, 3.8) is 0 Å². The van der Waals surface area contributed by atoms with Crippen LogP contribution < -0.4 is 10.1 Å². The summed E-state index contributed by atoms with van der Waals surface area (Å²) < 4.78 is 5.16. The predicted octanol–water partition coefficient (Wildman–Crippen LogP) is 3.55. The van der Waals surface area contributed by atoms with Crippen molar-refractivity contribution >= 4 is 0 Å². The summed E-state index contributed by atoms with van der Waals surface area (Å²) in [6.07, 6.45) is 3.16. The van der Waals surface area contributed by atoms with Crippen molar-refractivity contribution in [2.75, 3.05) is 13.7 Å². The Balaban J connectivity index is 1.66. The van der Waals surface area contributed by atoms with Crippen LogP contribution in [0.2, 0.25) is 0 Å². The second kappa shape index (κ2) is 8.44. The number of nitrogens with one attached hydrogen (secondary N) is 1. The van der Waals surface area contributed by atoms with Crippen LogP contribution in [0.15, 0.2) is 48.5 Å². The van der Waals surface area contributed by atoms with Gasteiger partial charge in [-0.2, -0.15) is 0 Å². The smallest absolute Gasteiger partial charge is 0.118 e. The highest BCUT2D eigenvalue weighted by Gasteiger charge is 2.03. The average Bonchev–Trinajstić information content (AvgIpc) is 2.54. The fourth-order valence-electron chi connectivity index (χ4n) is 2.49. The SMILES string of the molecule is COc1ccc(CCCNC(C)Cc2ccc(O)cc2)cc1. The summed E-state index contributed by atoms with van der Waals surface area (Å²) in [6.45, 7) is 3.20. The van der Waals surface area contributed by atoms with Crippen molar-refractivity contribution < 1.29 is 9.84 Å². The molecule has 0 spiro atoms. The van der Waals surface area contributed by atoms with Crippen molar-refractivity contribution in [1.82, 2.24) is 5.32 Å². The van der Waals surface area contributed by atoms with Crippen molar-refractivity contribution in [2.45, 2.75) is 32.2 Å². The molecule has 1 unspecified atom stereocenters. The Labute approximate surface area is 133 Å². The largest absolute Gasteiger partial charge is 0.508 e. The average molecular weight is 299 g/mol. The molecule has 2 aromatic rings. The van der Waals surface area contributed by atoms with Crippen LogP contribution >= 0.6 is 0 Å². The Kier molecular flexibility index (Phi) is 6.28. The van der Waals surface area contributed by atoms with E-state index in [-0.39, 0.29) is 0 Å². The van der Waals surface area contributed by atoms with Crippen LogP contribution in [0.5, 0.6) is 11.5 Å². The molecule has 0 bridgehead atoms. The number of hydrogen-bond donors (Lipinski definition) is 2. The fraction of sp³-hybridized carbons (Fsp3) is 0.368. The highest BCUT2D eigenvalue weighted by molar-refractivity contribution is 5.27. The van der Waals surface area contributed by atoms with Gasteiger partial charge in [0.05, 0.1) is 7.11 Å².